The summed E-state index contributed by atoms with van der Waals surface area (Å²) in [5.41, 5.74) is 0. The van der Waals surface area contributed by atoms with E-state index in [-0.39, 0.29) is 0 Å². The zero-order valence-electron chi connectivity index (χ0n) is 6.17. The van der Waals surface area contributed by atoms with Gasteiger partial charge in [-0.05, 0) is 12.3 Å². The van der Waals surface area contributed by atoms with E-state index in [2.05, 4.69) is 5.32 Å². The topological polar surface area (TPSA) is 66.4 Å². The first-order chi connectivity index (χ1) is 5.20. The maximum absolute atomic E-state index is 10.4. The third-order valence-corrected chi connectivity index (χ3v) is 1.73. The maximum atomic E-state index is 10.4. The van der Waals surface area contributed by atoms with Crippen LogP contribution in [-0.2, 0) is 9.59 Å². The third-order valence-electron chi connectivity index (χ3n) is 1.73. The third kappa shape index (κ3) is 3.02. The highest BCUT2D eigenvalue weighted by molar-refractivity contribution is 6.31. The summed E-state index contributed by atoms with van der Waals surface area (Å²) < 4.78 is 0. The summed E-state index contributed by atoms with van der Waals surface area (Å²) in [6, 6.07) is 0. The van der Waals surface area contributed by atoms with Gasteiger partial charge in [-0.15, -0.1) is 0 Å². The molecule has 2 N–H and O–H groups in total. The molecule has 0 aromatic rings. The van der Waals surface area contributed by atoms with Crippen LogP contribution in [0.3, 0.4) is 0 Å². The van der Waals surface area contributed by atoms with Crippen LogP contribution in [0.25, 0.3) is 0 Å². The van der Waals surface area contributed by atoms with Gasteiger partial charge in [-0.25, -0.2) is 4.79 Å². The van der Waals surface area contributed by atoms with Crippen molar-refractivity contribution < 1.29 is 14.7 Å². The van der Waals surface area contributed by atoms with Crippen molar-refractivity contribution >= 4 is 11.9 Å². The van der Waals surface area contributed by atoms with Crippen molar-refractivity contribution in [3.63, 3.8) is 0 Å². The molecule has 0 aromatic carbocycles. The van der Waals surface area contributed by atoms with E-state index in [0.717, 1.165) is 12.3 Å². The molecule has 62 valence electrons. The van der Waals surface area contributed by atoms with Crippen LogP contribution in [0.4, 0.5) is 0 Å². The van der Waals surface area contributed by atoms with E-state index in [1.165, 1.54) is 12.8 Å². The SMILES string of the molecule is O=C(O)C(=O)NCCC1CC1. The van der Waals surface area contributed by atoms with Crippen LogP contribution in [0.1, 0.15) is 19.3 Å². The van der Waals surface area contributed by atoms with Crippen LogP contribution < -0.4 is 5.32 Å². The van der Waals surface area contributed by atoms with Gasteiger partial charge in [0.1, 0.15) is 0 Å². The zero-order chi connectivity index (χ0) is 8.27. The predicted molar refractivity (Wildman–Crippen MR) is 38.0 cm³/mol. The molecule has 0 aromatic heterocycles. The van der Waals surface area contributed by atoms with Crippen molar-refractivity contribution in [1.82, 2.24) is 5.32 Å². The van der Waals surface area contributed by atoms with Gasteiger partial charge in [0.2, 0.25) is 0 Å². The van der Waals surface area contributed by atoms with Crippen molar-refractivity contribution in [1.29, 1.82) is 0 Å². The van der Waals surface area contributed by atoms with E-state index in [4.69, 9.17) is 5.11 Å². The molecule has 0 saturated heterocycles. The molecule has 1 aliphatic carbocycles. The molecule has 0 heterocycles. The molecular weight excluding hydrogens is 146 g/mol. The number of amides is 1. The fraction of sp³-hybridized carbons (Fsp3) is 0.714. The fourth-order valence-electron chi connectivity index (χ4n) is 0.872. The number of carbonyl (C=O) groups excluding carboxylic acids is 1. The molecule has 11 heavy (non-hydrogen) atoms. The van der Waals surface area contributed by atoms with Crippen LogP contribution in [-0.4, -0.2) is 23.5 Å². The number of carbonyl (C=O) groups is 2. The van der Waals surface area contributed by atoms with Crippen LogP contribution in [0.2, 0.25) is 0 Å². The lowest BCUT2D eigenvalue weighted by Gasteiger charge is -1.98. The van der Waals surface area contributed by atoms with Gasteiger partial charge in [0.15, 0.2) is 0 Å². The van der Waals surface area contributed by atoms with Gasteiger partial charge in [0.05, 0.1) is 0 Å². The maximum Gasteiger partial charge on any atom is 0.394 e. The molecule has 0 atom stereocenters. The Morgan fingerprint density at radius 2 is 2.09 bits per heavy atom. The van der Waals surface area contributed by atoms with Crippen LogP contribution in [0, 0.1) is 5.92 Å². The second kappa shape index (κ2) is 3.37. The van der Waals surface area contributed by atoms with Crippen LogP contribution in [0.5, 0.6) is 0 Å². The van der Waals surface area contributed by atoms with E-state index >= 15 is 0 Å². The van der Waals surface area contributed by atoms with Gasteiger partial charge in [0.25, 0.3) is 0 Å². The first kappa shape index (κ1) is 8.04. The molecule has 4 heteroatoms. The smallest absolute Gasteiger partial charge is 0.394 e. The minimum atomic E-state index is -1.40. The zero-order valence-corrected chi connectivity index (χ0v) is 6.17. The minimum absolute atomic E-state index is 0.496. The number of hydrogen-bond donors (Lipinski definition) is 2. The molecule has 0 radical (unpaired) electrons. The Morgan fingerprint density at radius 3 is 2.55 bits per heavy atom. The number of hydrogen-bond acceptors (Lipinski definition) is 2. The van der Waals surface area contributed by atoms with E-state index in [1.54, 1.807) is 0 Å². The Hall–Kier alpha value is -1.06. The molecule has 0 unspecified atom stereocenters. The first-order valence-electron chi connectivity index (χ1n) is 3.71. The molecule has 1 rings (SSSR count). The lowest BCUT2D eigenvalue weighted by atomic mass is 10.3. The van der Waals surface area contributed by atoms with Crippen molar-refractivity contribution in [2.24, 2.45) is 5.92 Å². The summed E-state index contributed by atoms with van der Waals surface area (Å²) in [6.45, 7) is 0.496. The summed E-state index contributed by atoms with van der Waals surface area (Å²) in [6.07, 6.45) is 3.37. The normalized spacial score (nSPS) is 16.0. The van der Waals surface area contributed by atoms with Crippen LogP contribution >= 0.6 is 0 Å². The Labute approximate surface area is 64.6 Å². The molecule has 0 aliphatic heterocycles. The van der Waals surface area contributed by atoms with Crippen molar-refractivity contribution in [3.8, 4) is 0 Å². The molecule has 1 fully saturated rings. The number of nitrogens with one attached hydrogen (secondary N) is 1. The summed E-state index contributed by atoms with van der Waals surface area (Å²) in [5.74, 6) is -1.57. The molecular formula is C7H11NO3. The number of rotatable bonds is 3. The standard InChI is InChI=1S/C7H11NO3/c9-6(7(10)11)8-4-3-5-1-2-5/h5H,1-4H2,(H,8,9)(H,10,11). The van der Waals surface area contributed by atoms with E-state index in [0.29, 0.717) is 6.54 Å². The van der Waals surface area contributed by atoms with Gasteiger partial charge in [-0.2, -0.15) is 0 Å². The minimum Gasteiger partial charge on any atom is -0.474 e. The van der Waals surface area contributed by atoms with Gasteiger partial charge in [-0.3, -0.25) is 4.79 Å². The van der Waals surface area contributed by atoms with Gasteiger partial charge in [0, 0.05) is 6.54 Å². The number of carboxylic acid groups (broad SMARTS) is 1. The lowest BCUT2D eigenvalue weighted by Crippen LogP contribution is -2.31. The Kier molecular flexibility index (Phi) is 2.46. The summed E-state index contributed by atoms with van der Waals surface area (Å²) in [5, 5.41) is 10.5. The van der Waals surface area contributed by atoms with E-state index in [1.807, 2.05) is 0 Å². The Morgan fingerprint density at radius 1 is 1.45 bits per heavy atom. The largest absolute Gasteiger partial charge is 0.474 e. The highest BCUT2D eigenvalue weighted by Crippen LogP contribution is 2.31. The second-order valence-corrected chi connectivity index (χ2v) is 2.79. The predicted octanol–water partition coefficient (Wildman–Crippen LogP) is -0.0127. The quantitative estimate of drug-likeness (QED) is 0.566. The lowest BCUT2D eigenvalue weighted by molar-refractivity contribution is -0.150. The highest BCUT2D eigenvalue weighted by atomic mass is 16.4. The summed E-state index contributed by atoms with van der Waals surface area (Å²) in [4.78, 5) is 20.4. The van der Waals surface area contributed by atoms with Crippen LogP contribution in [0.15, 0.2) is 0 Å². The van der Waals surface area contributed by atoms with E-state index in [9.17, 15) is 9.59 Å². The Bertz CT molecular complexity index is 175. The Balaban J connectivity index is 2.01. The molecule has 1 amide bonds. The van der Waals surface area contributed by atoms with Crippen molar-refractivity contribution in [3.05, 3.63) is 0 Å². The molecule has 1 aliphatic rings. The average Bonchev–Trinajstić information content (AvgIpc) is 2.71. The highest BCUT2D eigenvalue weighted by Gasteiger charge is 2.21. The molecule has 4 nitrogen and oxygen atoms in total. The number of aliphatic carboxylic acids is 1. The second-order valence-electron chi connectivity index (χ2n) is 2.79. The van der Waals surface area contributed by atoms with Crippen molar-refractivity contribution in [2.45, 2.75) is 19.3 Å². The molecule has 0 spiro atoms. The van der Waals surface area contributed by atoms with Gasteiger partial charge >= 0.3 is 11.9 Å². The van der Waals surface area contributed by atoms with Crippen molar-refractivity contribution in [2.75, 3.05) is 6.54 Å². The fourth-order valence-corrected chi connectivity index (χ4v) is 0.872. The molecule has 0 bridgehead atoms. The van der Waals surface area contributed by atoms with Gasteiger partial charge in [-0.1, -0.05) is 12.8 Å². The average molecular weight is 157 g/mol. The van der Waals surface area contributed by atoms with Gasteiger partial charge < -0.3 is 10.4 Å². The summed E-state index contributed by atoms with van der Waals surface area (Å²) >= 11 is 0. The molecule has 1 saturated carbocycles. The summed E-state index contributed by atoms with van der Waals surface area (Å²) in [7, 11) is 0. The first-order valence-corrected chi connectivity index (χ1v) is 3.71. The monoisotopic (exact) mass is 157 g/mol. The van der Waals surface area contributed by atoms with E-state index < -0.39 is 11.9 Å². The number of carboxylic acids is 1.